The van der Waals surface area contributed by atoms with Crippen LogP contribution in [0.5, 0.6) is 0 Å². The van der Waals surface area contributed by atoms with Gasteiger partial charge in [0.1, 0.15) is 6.04 Å². The largest absolute Gasteiger partial charge is 0.480 e. The van der Waals surface area contributed by atoms with Crippen LogP contribution in [-0.4, -0.2) is 58.4 Å². The standard InChI is InChI=1S/C17H23N3O4/c18-15(21)8-10-20(11-13-5-2-1-3-6-13)16(22)12-19-9-4-7-14(19)17(23)24/h1-3,5-6,14H,4,7-12H2,(H2,18,21)(H,23,24). The van der Waals surface area contributed by atoms with Crippen molar-refractivity contribution in [1.82, 2.24) is 9.80 Å². The van der Waals surface area contributed by atoms with Crippen LogP contribution in [0.15, 0.2) is 30.3 Å². The van der Waals surface area contributed by atoms with Crippen LogP contribution in [0.25, 0.3) is 0 Å². The molecule has 2 rings (SSSR count). The topological polar surface area (TPSA) is 104 Å². The summed E-state index contributed by atoms with van der Waals surface area (Å²) in [5.74, 6) is -1.55. The molecule has 1 saturated heterocycles. The summed E-state index contributed by atoms with van der Waals surface area (Å²) in [4.78, 5) is 38.2. The molecular formula is C17H23N3O4. The van der Waals surface area contributed by atoms with Gasteiger partial charge in [-0.15, -0.1) is 0 Å². The maximum atomic E-state index is 12.6. The van der Waals surface area contributed by atoms with Crippen LogP contribution in [0.4, 0.5) is 0 Å². The number of nitrogens with two attached hydrogens (primary N) is 1. The Balaban J connectivity index is 2.03. The van der Waals surface area contributed by atoms with E-state index in [0.29, 0.717) is 19.5 Å². The van der Waals surface area contributed by atoms with Crippen LogP contribution in [0, 0.1) is 0 Å². The third kappa shape index (κ3) is 5.06. The number of carbonyl (C=O) groups is 3. The summed E-state index contributed by atoms with van der Waals surface area (Å²) < 4.78 is 0. The molecule has 7 nitrogen and oxygen atoms in total. The van der Waals surface area contributed by atoms with Gasteiger partial charge >= 0.3 is 5.97 Å². The Hall–Kier alpha value is -2.41. The van der Waals surface area contributed by atoms with E-state index in [1.807, 2.05) is 30.3 Å². The monoisotopic (exact) mass is 333 g/mol. The Labute approximate surface area is 141 Å². The van der Waals surface area contributed by atoms with Gasteiger partial charge in [-0.1, -0.05) is 30.3 Å². The molecule has 0 bridgehead atoms. The van der Waals surface area contributed by atoms with E-state index in [4.69, 9.17) is 5.73 Å². The Morgan fingerprint density at radius 2 is 1.96 bits per heavy atom. The second kappa shape index (κ2) is 8.44. The number of carboxylic acids is 1. The molecule has 0 radical (unpaired) electrons. The molecule has 7 heteroatoms. The molecule has 1 aromatic carbocycles. The van der Waals surface area contributed by atoms with Gasteiger partial charge < -0.3 is 15.7 Å². The van der Waals surface area contributed by atoms with Crippen molar-refractivity contribution < 1.29 is 19.5 Å². The molecule has 3 N–H and O–H groups in total. The first kappa shape index (κ1) is 17.9. The molecular weight excluding hydrogens is 310 g/mol. The fourth-order valence-corrected chi connectivity index (χ4v) is 2.91. The Morgan fingerprint density at radius 3 is 2.58 bits per heavy atom. The van der Waals surface area contributed by atoms with E-state index in [-0.39, 0.29) is 25.4 Å². The number of hydrogen-bond donors (Lipinski definition) is 2. The summed E-state index contributed by atoms with van der Waals surface area (Å²) in [6, 6.07) is 8.85. The number of carbonyl (C=O) groups excluding carboxylic acids is 2. The quantitative estimate of drug-likeness (QED) is 0.718. The van der Waals surface area contributed by atoms with Crippen molar-refractivity contribution >= 4 is 17.8 Å². The highest BCUT2D eigenvalue weighted by Crippen LogP contribution is 2.17. The molecule has 24 heavy (non-hydrogen) atoms. The predicted octanol–water partition coefficient (Wildman–Crippen LogP) is 0.440. The van der Waals surface area contributed by atoms with Crippen LogP contribution in [0.2, 0.25) is 0 Å². The van der Waals surface area contributed by atoms with Gasteiger partial charge in [-0.3, -0.25) is 19.3 Å². The maximum absolute atomic E-state index is 12.6. The van der Waals surface area contributed by atoms with E-state index in [0.717, 1.165) is 12.0 Å². The summed E-state index contributed by atoms with van der Waals surface area (Å²) in [6.45, 7) is 1.24. The third-order valence-corrected chi connectivity index (χ3v) is 4.18. The number of aliphatic carboxylic acids is 1. The molecule has 1 atom stereocenters. The predicted molar refractivity (Wildman–Crippen MR) is 87.9 cm³/mol. The van der Waals surface area contributed by atoms with Gasteiger partial charge in [0.05, 0.1) is 6.54 Å². The lowest BCUT2D eigenvalue weighted by molar-refractivity contribution is -0.143. The number of primary amides is 1. The molecule has 1 unspecified atom stereocenters. The molecule has 0 aliphatic carbocycles. The van der Waals surface area contributed by atoms with Crippen molar-refractivity contribution in [1.29, 1.82) is 0 Å². The molecule has 1 aromatic rings. The van der Waals surface area contributed by atoms with E-state index >= 15 is 0 Å². The Kier molecular flexibility index (Phi) is 6.31. The zero-order valence-electron chi connectivity index (χ0n) is 13.6. The van der Waals surface area contributed by atoms with Crippen LogP contribution in [0.1, 0.15) is 24.8 Å². The van der Waals surface area contributed by atoms with Crippen LogP contribution < -0.4 is 5.73 Å². The number of carboxylic acid groups (broad SMARTS) is 1. The highest BCUT2D eigenvalue weighted by Gasteiger charge is 2.32. The second-order valence-electron chi connectivity index (χ2n) is 5.98. The minimum absolute atomic E-state index is 0.0442. The first-order valence-corrected chi connectivity index (χ1v) is 8.04. The van der Waals surface area contributed by atoms with Gasteiger partial charge in [-0.05, 0) is 24.9 Å². The number of nitrogens with zero attached hydrogens (tertiary/aromatic N) is 2. The first-order chi connectivity index (χ1) is 11.5. The van der Waals surface area contributed by atoms with E-state index < -0.39 is 17.9 Å². The lowest BCUT2D eigenvalue weighted by atomic mass is 10.2. The summed E-state index contributed by atoms with van der Waals surface area (Å²) in [5.41, 5.74) is 6.15. The van der Waals surface area contributed by atoms with Crippen LogP contribution >= 0.6 is 0 Å². The van der Waals surface area contributed by atoms with Crippen molar-refractivity contribution in [3.63, 3.8) is 0 Å². The van der Waals surface area contributed by atoms with Crippen molar-refractivity contribution in [2.45, 2.75) is 31.8 Å². The smallest absolute Gasteiger partial charge is 0.320 e. The Bertz CT molecular complexity index is 591. The molecule has 0 spiro atoms. The van der Waals surface area contributed by atoms with Crippen molar-refractivity contribution in [2.24, 2.45) is 5.73 Å². The number of hydrogen-bond acceptors (Lipinski definition) is 4. The van der Waals surface area contributed by atoms with Crippen molar-refractivity contribution in [3.05, 3.63) is 35.9 Å². The number of benzene rings is 1. The fraction of sp³-hybridized carbons (Fsp3) is 0.471. The highest BCUT2D eigenvalue weighted by atomic mass is 16.4. The molecule has 130 valence electrons. The third-order valence-electron chi connectivity index (χ3n) is 4.18. The number of rotatable bonds is 8. The summed E-state index contributed by atoms with van der Waals surface area (Å²) in [6.07, 6.45) is 1.41. The average molecular weight is 333 g/mol. The van der Waals surface area contributed by atoms with Crippen molar-refractivity contribution in [2.75, 3.05) is 19.6 Å². The molecule has 2 amide bonds. The van der Waals surface area contributed by atoms with Crippen LogP contribution in [0.3, 0.4) is 0 Å². The van der Waals surface area contributed by atoms with Gasteiger partial charge in [0, 0.05) is 19.5 Å². The first-order valence-electron chi connectivity index (χ1n) is 8.04. The minimum Gasteiger partial charge on any atom is -0.480 e. The molecule has 1 aliphatic rings. The molecule has 1 aliphatic heterocycles. The zero-order valence-corrected chi connectivity index (χ0v) is 13.6. The van der Waals surface area contributed by atoms with Gasteiger partial charge in [-0.25, -0.2) is 0 Å². The van der Waals surface area contributed by atoms with Crippen molar-refractivity contribution in [3.8, 4) is 0 Å². The van der Waals surface area contributed by atoms with Gasteiger partial charge in [0.2, 0.25) is 11.8 Å². The zero-order chi connectivity index (χ0) is 17.5. The number of amides is 2. The van der Waals surface area contributed by atoms with E-state index in [9.17, 15) is 19.5 Å². The SMILES string of the molecule is NC(=O)CCN(Cc1ccccc1)C(=O)CN1CCCC1C(=O)O. The fourth-order valence-electron chi connectivity index (χ4n) is 2.91. The van der Waals surface area contributed by atoms with Gasteiger partial charge in [0.25, 0.3) is 0 Å². The lowest BCUT2D eigenvalue weighted by Gasteiger charge is -2.27. The second-order valence-corrected chi connectivity index (χ2v) is 5.98. The molecule has 1 heterocycles. The number of likely N-dealkylation sites (tertiary alicyclic amines) is 1. The maximum Gasteiger partial charge on any atom is 0.320 e. The summed E-state index contributed by atoms with van der Waals surface area (Å²) in [5, 5.41) is 9.22. The van der Waals surface area contributed by atoms with Gasteiger partial charge in [-0.2, -0.15) is 0 Å². The summed E-state index contributed by atoms with van der Waals surface area (Å²) >= 11 is 0. The summed E-state index contributed by atoms with van der Waals surface area (Å²) in [7, 11) is 0. The van der Waals surface area contributed by atoms with Gasteiger partial charge in [0.15, 0.2) is 0 Å². The molecule has 0 saturated carbocycles. The van der Waals surface area contributed by atoms with E-state index in [1.54, 1.807) is 9.80 Å². The van der Waals surface area contributed by atoms with E-state index in [2.05, 4.69) is 0 Å². The minimum atomic E-state index is -0.896. The lowest BCUT2D eigenvalue weighted by Crippen LogP contribution is -2.45. The highest BCUT2D eigenvalue weighted by molar-refractivity contribution is 5.81. The Morgan fingerprint density at radius 1 is 1.25 bits per heavy atom. The van der Waals surface area contributed by atoms with E-state index in [1.165, 1.54) is 0 Å². The molecule has 1 fully saturated rings. The van der Waals surface area contributed by atoms with Crippen LogP contribution in [-0.2, 0) is 20.9 Å². The normalized spacial score (nSPS) is 17.6. The molecule has 0 aromatic heterocycles. The average Bonchev–Trinajstić information content (AvgIpc) is 3.00.